The van der Waals surface area contributed by atoms with Crippen LogP contribution in [0.15, 0.2) is 56.6 Å². The van der Waals surface area contributed by atoms with Crippen molar-refractivity contribution in [3.63, 3.8) is 0 Å². The number of nitrogens with zero attached hydrogens (tertiary/aromatic N) is 2. The quantitative estimate of drug-likeness (QED) is 0.659. The van der Waals surface area contributed by atoms with Crippen LogP contribution in [0.5, 0.6) is 0 Å². The maximum Gasteiger partial charge on any atom is 0.419 e. The molecule has 0 spiro atoms. The zero-order valence-electron chi connectivity index (χ0n) is 16.2. The van der Waals surface area contributed by atoms with E-state index < -0.39 is 21.7 Å². The fourth-order valence-electron chi connectivity index (χ4n) is 3.60. The Balaban J connectivity index is 1.55. The van der Waals surface area contributed by atoms with Crippen molar-refractivity contribution in [2.45, 2.75) is 17.7 Å². The fourth-order valence-corrected chi connectivity index (χ4v) is 5.32. The third kappa shape index (κ3) is 3.76. The van der Waals surface area contributed by atoms with Gasteiger partial charge in [-0.05, 0) is 37.1 Å². The Kier molecular flexibility index (Phi) is 5.44. The van der Waals surface area contributed by atoms with Crippen molar-refractivity contribution in [1.29, 1.82) is 0 Å². The van der Waals surface area contributed by atoms with E-state index in [1.165, 1.54) is 21.0 Å². The van der Waals surface area contributed by atoms with Crippen LogP contribution < -0.4 is 11.1 Å². The summed E-state index contributed by atoms with van der Waals surface area (Å²) >= 11 is 6.10. The summed E-state index contributed by atoms with van der Waals surface area (Å²) in [4.78, 5) is 24.4. The Labute approximate surface area is 178 Å². The van der Waals surface area contributed by atoms with Gasteiger partial charge in [0, 0.05) is 26.2 Å². The van der Waals surface area contributed by atoms with Crippen LogP contribution in [-0.2, 0) is 21.9 Å². The first kappa shape index (κ1) is 20.6. The second kappa shape index (κ2) is 7.90. The minimum Gasteiger partial charge on any atom is -0.408 e. The van der Waals surface area contributed by atoms with Gasteiger partial charge in [-0.3, -0.25) is 9.36 Å². The number of halogens is 1. The van der Waals surface area contributed by atoms with Gasteiger partial charge in [-0.1, -0.05) is 23.7 Å². The third-order valence-electron chi connectivity index (χ3n) is 5.29. The number of piperidine rings is 1. The van der Waals surface area contributed by atoms with Gasteiger partial charge in [-0.25, -0.2) is 13.2 Å². The molecule has 1 aliphatic rings. The molecule has 0 unspecified atom stereocenters. The van der Waals surface area contributed by atoms with Crippen molar-refractivity contribution < 1.29 is 17.6 Å². The maximum atomic E-state index is 13.1. The number of rotatable bonds is 4. The molecule has 0 saturated carbocycles. The van der Waals surface area contributed by atoms with Crippen molar-refractivity contribution in [3.8, 4) is 0 Å². The van der Waals surface area contributed by atoms with Crippen LogP contribution in [0, 0.1) is 5.92 Å². The number of aryl methyl sites for hydroxylation is 1. The molecule has 0 aliphatic carbocycles. The second-order valence-electron chi connectivity index (χ2n) is 7.23. The summed E-state index contributed by atoms with van der Waals surface area (Å²) in [7, 11) is -2.30. The predicted octanol–water partition coefficient (Wildman–Crippen LogP) is 2.82. The molecule has 1 amide bonds. The number of oxazole rings is 1. The van der Waals surface area contributed by atoms with E-state index in [1.807, 2.05) is 0 Å². The highest BCUT2D eigenvalue weighted by molar-refractivity contribution is 7.89. The minimum atomic E-state index is -3.85. The first-order valence-electron chi connectivity index (χ1n) is 9.42. The number of fused-ring (bicyclic) bond motifs is 1. The molecular formula is C20H20ClN3O5S. The number of carbonyl (C=O) groups excluding carboxylic acids is 1. The fraction of sp³-hybridized carbons (Fsp3) is 0.300. The molecule has 1 N–H and O–H groups in total. The molecule has 8 nitrogen and oxygen atoms in total. The van der Waals surface area contributed by atoms with E-state index in [1.54, 1.807) is 37.4 Å². The highest BCUT2D eigenvalue weighted by atomic mass is 35.5. The number of aromatic nitrogens is 1. The number of benzene rings is 2. The molecule has 0 radical (unpaired) electrons. The molecule has 1 saturated heterocycles. The zero-order chi connectivity index (χ0) is 21.5. The zero-order valence-corrected chi connectivity index (χ0v) is 17.7. The lowest BCUT2D eigenvalue weighted by atomic mass is 9.99. The van der Waals surface area contributed by atoms with Gasteiger partial charge in [0.2, 0.25) is 15.9 Å². The lowest BCUT2D eigenvalue weighted by Crippen LogP contribution is -2.43. The second-order valence-corrected chi connectivity index (χ2v) is 9.57. The van der Waals surface area contributed by atoms with Gasteiger partial charge in [-0.2, -0.15) is 4.31 Å². The van der Waals surface area contributed by atoms with Gasteiger partial charge >= 0.3 is 5.76 Å². The van der Waals surface area contributed by atoms with Gasteiger partial charge in [0.25, 0.3) is 0 Å². The first-order valence-corrected chi connectivity index (χ1v) is 11.2. The highest BCUT2D eigenvalue weighted by Crippen LogP contribution is 2.28. The van der Waals surface area contributed by atoms with E-state index in [0.29, 0.717) is 35.6 Å². The number of para-hydroxylation sites is 1. The Bertz CT molecular complexity index is 1280. The number of sulfonamides is 1. The molecule has 1 aromatic heterocycles. The summed E-state index contributed by atoms with van der Waals surface area (Å²) in [5, 5.41) is 3.20. The van der Waals surface area contributed by atoms with Crippen LogP contribution >= 0.6 is 11.6 Å². The molecule has 30 heavy (non-hydrogen) atoms. The monoisotopic (exact) mass is 449 g/mol. The van der Waals surface area contributed by atoms with Crippen LogP contribution in [0.2, 0.25) is 5.02 Å². The van der Waals surface area contributed by atoms with Crippen molar-refractivity contribution in [2.24, 2.45) is 13.0 Å². The van der Waals surface area contributed by atoms with Crippen LogP contribution in [0.25, 0.3) is 11.1 Å². The Morgan fingerprint density at radius 3 is 2.77 bits per heavy atom. The summed E-state index contributed by atoms with van der Waals surface area (Å²) in [6, 6.07) is 11.2. The lowest BCUT2D eigenvalue weighted by molar-refractivity contribution is -0.120. The number of hydrogen-bond acceptors (Lipinski definition) is 5. The highest BCUT2D eigenvalue weighted by Gasteiger charge is 2.34. The number of hydrogen-bond donors (Lipinski definition) is 1. The smallest absolute Gasteiger partial charge is 0.408 e. The van der Waals surface area contributed by atoms with Crippen LogP contribution in [0.3, 0.4) is 0 Å². The topological polar surface area (TPSA) is 102 Å². The molecule has 3 aromatic rings. The van der Waals surface area contributed by atoms with Gasteiger partial charge < -0.3 is 9.73 Å². The van der Waals surface area contributed by atoms with E-state index in [2.05, 4.69) is 5.32 Å². The number of nitrogens with one attached hydrogen (secondary N) is 1. The molecule has 1 atom stereocenters. The van der Waals surface area contributed by atoms with Gasteiger partial charge in [-0.15, -0.1) is 0 Å². The lowest BCUT2D eigenvalue weighted by Gasteiger charge is -2.31. The Morgan fingerprint density at radius 2 is 2.00 bits per heavy atom. The molecular weight excluding hydrogens is 430 g/mol. The molecule has 2 aromatic carbocycles. The normalized spacial score (nSPS) is 17.9. The van der Waals surface area contributed by atoms with Gasteiger partial charge in [0.05, 0.1) is 27.0 Å². The minimum absolute atomic E-state index is 0.0245. The van der Waals surface area contributed by atoms with Crippen molar-refractivity contribution in [2.75, 3.05) is 18.4 Å². The average Bonchev–Trinajstić information content (AvgIpc) is 3.03. The van der Waals surface area contributed by atoms with E-state index >= 15 is 0 Å². The van der Waals surface area contributed by atoms with E-state index in [0.717, 1.165) is 0 Å². The number of anilines is 1. The Hall–Kier alpha value is -2.62. The molecule has 0 bridgehead atoms. The van der Waals surface area contributed by atoms with Crippen LogP contribution in [0.4, 0.5) is 5.69 Å². The summed E-state index contributed by atoms with van der Waals surface area (Å²) in [5.74, 6) is -1.33. The largest absolute Gasteiger partial charge is 0.419 e. The summed E-state index contributed by atoms with van der Waals surface area (Å²) in [5.41, 5.74) is 1.21. The SMILES string of the molecule is Cn1c(=O)oc2cc(S(=O)(=O)N3CCC[C@H](C(=O)Nc4ccccc4Cl)C3)ccc21. The molecule has 1 fully saturated rings. The van der Waals surface area contributed by atoms with E-state index in [9.17, 15) is 18.0 Å². The summed E-state index contributed by atoms with van der Waals surface area (Å²) in [6.07, 6.45) is 1.14. The number of carbonyl (C=O) groups is 1. The maximum absolute atomic E-state index is 13.1. The van der Waals surface area contributed by atoms with Gasteiger partial charge in [0.15, 0.2) is 5.58 Å². The molecule has 158 valence electrons. The van der Waals surface area contributed by atoms with Gasteiger partial charge in [0.1, 0.15) is 0 Å². The van der Waals surface area contributed by atoms with Crippen molar-refractivity contribution in [3.05, 3.63) is 58.0 Å². The van der Waals surface area contributed by atoms with Crippen LogP contribution in [-0.4, -0.2) is 36.3 Å². The predicted molar refractivity (Wildman–Crippen MR) is 113 cm³/mol. The number of amides is 1. The molecule has 2 heterocycles. The van der Waals surface area contributed by atoms with Crippen molar-refractivity contribution in [1.82, 2.24) is 8.87 Å². The van der Waals surface area contributed by atoms with E-state index in [-0.39, 0.29) is 22.9 Å². The summed E-state index contributed by atoms with van der Waals surface area (Å²) < 4.78 is 34.0. The molecule has 1 aliphatic heterocycles. The van der Waals surface area contributed by atoms with E-state index in [4.69, 9.17) is 16.0 Å². The Morgan fingerprint density at radius 1 is 1.23 bits per heavy atom. The third-order valence-corrected chi connectivity index (χ3v) is 7.48. The first-order chi connectivity index (χ1) is 14.3. The summed E-state index contributed by atoms with van der Waals surface area (Å²) in [6.45, 7) is 0.379. The average molecular weight is 450 g/mol. The van der Waals surface area contributed by atoms with Crippen molar-refractivity contribution >= 4 is 44.3 Å². The van der Waals surface area contributed by atoms with Crippen LogP contribution in [0.1, 0.15) is 12.8 Å². The molecule has 4 rings (SSSR count). The molecule has 10 heteroatoms. The standard InChI is InChI=1S/C20H20ClN3O5S/c1-23-17-9-8-14(11-18(17)29-20(23)26)30(27,28)24-10-4-5-13(12-24)19(25)22-16-7-3-2-6-15(16)21/h2-3,6-9,11,13H,4-5,10,12H2,1H3,(H,22,25)/t13-/m0/s1.